The van der Waals surface area contributed by atoms with E-state index in [0.717, 1.165) is 16.5 Å². The number of aromatic nitrogens is 1. The number of thioether (sulfide) groups is 1. The largest absolute Gasteiger partial charge is 0.465 e. The summed E-state index contributed by atoms with van der Waals surface area (Å²) in [6.07, 6.45) is 3.24. The Kier molecular flexibility index (Phi) is 5.53. The van der Waals surface area contributed by atoms with Crippen LogP contribution in [0.3, 0.4) is 0 Å². The zero-order valence-electron chi connectivity index (χ0n) is 12.6. The van der Waals surface area contributed by atoms with Crippen molar-refractivity contribution < 1.29 is 14.5 Å². The standard InChI is InChI=1S/C15H15N3O4S/c1-22-15(19)11-7-13(18(20)21)14(17-9-11)16-8-10-3-5-12(23-2)6-4-10/h3-7,9H,8H2,1-2H3,(H,16,17). The summed E-state index contributed by atoms with van der Waals surface area (Å²) in [6, 6.07) is 8.98. The van der Waals surface area contributed by atoms with Gasteiger partial charge in [0.25, 0.3) is 0 Å². The Morgan fingerprint density at radius 3 is 2.65 bits per heavy atom. The number of nitrogens with one attached hydrogen (secondary N) is 1. The molecule has 1 heterocycles. The predicted molar refractivity (Wildman–Crippen MR) is 87.8 cm³/mol. The molecule has 23 heavy (non-hydrogen) atoms. The number of esters is 1. The first kappa shape index (κ1) is 16.8. The van der Waals surface area contributed by atoms with Crippen molar-refractivity contribution in [3.8, 4) is 0 Å². The second kappa shape index (κ2) is 7.59. The smallest absolute Gasteiger partial charge is 0.339 e. The fourth-order valence-corrected chi connectivity index (χ4v) is 2.30. The summed E-state index contributed by atoms with van der Waals surface area (Å²) in [7, 11) is 1.21. The maximum atomic E-state index is 11.4. The van der Waals surface area contributed by atoms with E-state index in [1.54, 1.807) is 11.8 Å². The van der Waals surface area contributed by atoms with Crippen LogP contribution >= 0.6 is 11.8 Å². The number of carbonyl (C=O) groups is 1. The molecule has 7 nitrogen and oxygen atoms in total. The molecule has 2 aromatic rings. The van der Waals surface area contributed by atoms with Gasteiger partial charge in [0.15, 0.2) is 0 Å². The summed E-state index contributed by atoms with van der Waals surface area (Å²) >= 11 is 1.64. The molecule has 0 fully saturated rings. The maximum Gasteiger partial charge on any atom is 0.339 e. The van der Waals surface area contributed by atoms with E-state index in [4.69, 9.17) is 0 Å². The molecule has 8 heteroatoms. The molecular weight excluding hydrogens is 318 g/mol. The number of rotatable bonds is 6. The summed E-state index contributed by atoms with van der Waals surface area (Å²) in [5.74, 6) is -0.559. The molecule has 0 saturated carbocycles. The van der Waals surface area contributed by atoms with Crippen LogP contribution in [0.2, 0.25) is 0 Å². The Morgan fingerprint density at radius 1 is 1.39 bits per heavy atom. The van der Waals surface area contributed by atoms with Crippen molar-refractivity contribution >= 4 is 29.2 Å². The second-order valence-corrected chi connectivity index (χ2v) is 5.42. The third-order valence-electron chi connectivity index (χ3n) is 3.10. The lowest BCUT2D eigenvalue weighted by Crippen LogP contribution is -2.08. The molecule has 1 aromatic heterocycles. The topological polar surface area (TPSA) is 94.4 Å². The van der Waals surface area contributed by atoms with Crippen molar-refractivity contribution in [3.05, 3.63) is 57.8 Å². The molecule has 0 saturated heterocycles. The fraction of sp³-hybridized carbons (Fsp3) is 0.200. The molecule has 0 unspecified atom stereocenters. The average Bonchev–Trinajstić information content (AvgIpc) is 2.59. The van der Waals surface area contributed by atoms with Crippen molar-refractivity contribution in [1.29, 1.82) is 0 Å². The van der Waals surface area contributed by atoms with Gasteiger partial charge in [0, 0.05) is 23.7 Å². The van der Waals surface area contributed by atoms with Crippen LogP contribution in [0.25, 0.3) is 0 Å². The highest BCUT2D eigenvalue weighted by atomic mass is 32.2. The third-order valence-corrected chi connectivity index (χ3v) is 3.85. The monoisotopic (exact) mass is 333 g/mol. The first-order valence-corrected chi connectivity index (χ1v) is 7.87. The minimum atomic E-state index is -0.667. The second-order valence-electron chi connectivity index (χ2n) is 4.54. The van der Waals surface area contributed by atoms with Gasteiger partial charge < -0.3 is 10.1 Å². The zero-order valence-corrected chi connectivity index (χ0v) is 13.4. The van der Waals surface area contributed by atoms with Crippen LogP contribution in [0.15, 0.2) is 41.4 Å². The summed E-state index contributed by atoms with van der Waals surface area (Å²) < 4.78 is 4.54. The van der Waals surface area contributed by atoms with E-state index in [-0.39, 0.29) is 17.1 Å². The molecule has 0 aliphatic carbocycles. The van der Waals surface area contributed by atoms with E-state index in [9.17, 15) is 14.9 Å². The van der Waals surface area contributed by atoms with Gasteiger partial charge in [-0.25, -0.2) is 9.78 Å². The Hall–Kier alpha value is -2.61. The number of ether oxygens (including phenoxy) is 1. The van der Waals surface area contributed by atoms with Crippen LogP contribution in [0.1, 0.15) is 15.9 Å². The molecule has 1 aromatic carbocycles. The Bertz CT molecular complexity index is 719. The number of hydrogen-bond donors (Lipinski definition) is 1. The third kappa shape index (κ3) is 4.19. The van der Waals surface area contributed by atoms with Crippen LogP contribution in [0.5, 0.6) is 0 Å². The molecule has 0 aliphatic heterocycles. The first-order valence-electron chi connectivity index (χ1n) is 6.64. The van der Waals surface area contributed by atoms with Gasteiger partial charge in [0.2, 0.25) is 5.82 Å². The minimum Gasteiger partial charge on any atom is -0.465 e. The van der Waals surface area contributed by atoms with Gasteiger partial charge >= 0.3 is 11.7 Å². The molecule has 0 aliphatic rings. The highest BCUT2D eigenvalue weighted by Crippen LogP contribution is 2.24. The lowest BCUT2D eigenvalue weighted by molar-refractivity contribution is -0.384. The molecule has 0 bridgehead atoms. The molecule has 0 spiro atoms. The highest BCUT2D eigenvalue weighted by Gasteiger charge is 2.19. The van der Waals surface area contributed by atoms with Gasteiger partial charge in [-0.2, -0.15) is 0 Å². The molecule has 0 radical (unpaired) electrons. The van der Waals surface area contributed by atoms with Crippen molar-refractivity contribution in [2.45, 2.75) is 11.4 Å². The number of nitrogens with zero attached hydrogens (tertiary/aromatic N) is 2. The van der Waals surface area contributed by atoms with Gasteiger partial charge in [0.1, 0.15) is 0 Å². The maximum absolute atomic E-state index is 11.4. The van der Waals surface area contributed by atoms with Crippen LogP contribution in [-0.4, -0.2) is 29.2 Å². The SMILES string of the molecule is COC(=O)c1cnc(NCc2ccc(SC)cc2)c([N+](=O)[O-])c1. The minimum absolute atomic E-state index is 0.0362. The number of benzene rings is 1. The Labute approximate surface area is 137 Å². The predicted octanol–water partition coefficient (Wildman–Crippen LogP) is 3.11. The van der Waals surface area contributed by atoms with Gasteiger partial charge in [-0.05, 0) is 24.0 Å². The van der Waals surface area contributed by atoms with E-state index in [1.807, 2.05) is 30.5 Å². The number of anilines is 1. The van der Waals surface area contributed by atoms with E-state index in [1.165, 1.54) is 13.3 Å². The van der Waals surface area contributed by atoms with E-state index in [0.29, 0.717) is 6.54 Å². The van der Waals surface area contributed by atoms with Crippen LogP contribution < -0.4 is 5.32 Å². The average molecular weight is 333 g/mol. The highest BCUT2D eigenvalue weighted by molar-refractivity contribution is 7.98. The summed E-state index contributed by atoms with van der Waals surface area (Å²) in [5, 5.41) is 14.1. The fourth-order valence-electron chi connectivity index (χ4n) is 1.89. The molecule has 2 rings (SSSR count). The van der Waals surface area contributed by atoms with Crippen molar-refractivity contribution in [2.75, 3.05) is 18.7 Å². The van der Waals surface area contributed by atoms with Gasteiger partial charge in [-0.15, -0.1) is 11.8 Å². The number of carbonyl (C=O) groups excluding carboxylic acids is 1. The molecule has 1 N–H and O–H groups in total. The van der Waals surface area contributed by atoms with Crippen LogP contribution in [-0.2, 0) is 11.3 Å². The van der Waals surface area contributed by atoms with Crippen molar-refractivity contribution in [3.63, 3.8) is 0 Å². The van der Waals surface area contributed by atoms with Crippen LogP contribution in [0.4, 0.5) is 11.5 Å². The number of nitro groups is 1. The van der Waals surface area contributed by atoms with Gasteiger partial charge in [-0.1, -0.05) is 12.1 Å². The number of methoxy groups -OCH3 is 1. The first-order chi connectivity index (χ1) is 11.0. The molecular formula is C15H15N3O4S. The summed E-state index contributed by atoms with van der Waals surface area (Å²) in [6.45, 7) is 0.389. The number of hydrogen-bond acceptors (Lipinski definition) is 7. The van der Waals surface area contributed by atoms with E-state index in [2.05, 4.69) is 15.0 Å². The molecule has 0 atom stereocenters. The molecule has 120 valence electrons. The van der Waals surface area contributed by atoms with Crippen LogP contribution in [0, 0.1) is 10.1 Å². The number of pyridine rings is 1. The molecule has 0 amide bonds. The summed E-state index contributed by atoms with van der Waals surface area (Å²) in [5.41, 5.74) is 0.735. The quantitative estimate of drug-likeness (QED) is 0.375. The van der Waals surface area contributed by atoms with Gasteiger partial charge in [-0.3, -0.25) is 10.1 Å². The summed E-state index contributed by atoms with van der Waals surface area (Å²) in [4.78, 5) is 27.1. The lowest BCUT2D eigenvalue weighted by Gasteiger charge is -2.08. The Balaban J connectivity index is 2.18. The zero-order chi connectivity index (χ0) is 16.8. The normalized spacial score (nSPS) is 10.2. The van der Waals surface area contributed by atoms with Crippen molar-refractivity contribution in [1.82, 2.24) is 4.98 Å². The van der Waals surface area contributed by atoms with Crippen molar-refractivity contribution in [2.24, 2.45) is 0 Å². The Morgan fingerprint density at radius 2 is 2.09 bits per heavy atom. The van der Waals surface area contributed by atoms with E-state index >= 15 is 0 Å². The lowest BCUT2D eigenvalue weighted by atomic mass is 10.2. The van der Waals surface area contributed by atoms with E-state index < -0.39 is 10.9 Å². The van der Waals surface area contributed by atoms with Gasteiger partial charge in [0.05, 0.1) is 17.6 Å².